The highest BCUT2D eigenvalue weighted by atomic mass is 16.6. The molecule has 0 unspecified atom stereocenters. The van der Waals surface area contributed by atoms with Crippen molar-refractivity contribution < 1.29 is 13.9 Å². The molecule has 0 radical (unpaired) electrons. The van der Waals surface area contributed by atoms with Crippen molar-refractivity contribution in [2.24, 2.45) is 0 Å². The van der Waals surface area contributed by atoms with Crippen LogP contribution in [-0.4, -0.2) is 35.7 Å². The van der Waals surface area contributed by atoms with E-state index >= 15 is 0 Å². The Morgan fingerprint density at radius 1 is 1.50 bits per heavy atom. The number of carbonyl (C=O) groups excluding carboxylic acids is 1. The van der Waals surface area contributed by atoms with Crippen molar-refractivity contribution >= 4 is 6.09 Å². The first-order valence-corrected chi connectivity index (χ1v) is 8.13. The normalized spacial score (nSPS) is 20.7. The monoisotopic (exact) mass is 308 g/mol. The molecule has 1 N–H and O–H groups in total. The number of nitrogens with zero attached hydrogens (tertiary/aromatic N) is 1. The van der Waals surface area contributed by atoms with Crippen LogP contribution >= 0.6 is 0 Å². The molecule has 0 aromatic carbocycles. The van der Waals surface area contributed by atoms with Gasteiger partial charge in [-0.25, -0.2) is 4.79 Å². The number of likely N-dealkylation sites (tertiary alicyclic amines) is 1. The number of hydrogen-bond acceptors (Lipinski definition) is 4. The summed E-state index contributed by atoms with van der Waals surface area (Å²) in [6.07, 6.45) is 4.69. The quantitative estimate of drug-likeness (QED) is 0.921. The van der Waals surface area contributed by atoms with Crippen LogP contribution in [-0.2, 0) is 4.74 Å². The maximum atomic E-state index is 12.4. The van der Waals surface area contributed by atoms with Gasteiger partial charge in [0.15, 0.2) is 0 Å². The average Bonchev–Trinajstić information content (AvgIpc) is 2.97. The van der Waals surface area contributed by atoms with Crippen LogP contribution in [0.4, 0.5) is 4.79 Å². The van der Waals surface area contributed by atoms with E-state index in [-0.39, 0.29) is 18.2 Å². The Hall–Kier alpha value is -1.49. The van der Waals surface area contributed by atoms with Crippen molar-refractivity contribution in [3.05, 3.63) is 24.2 Å². The molecule has 1 aromatic rings. The minimum Gasteiger partial charge on any atom is -0.468 e. The fraction of sp³-hybridized carbons (Fsp3) is 0.706. The van der Waals surface area contributed by atoms with Crippen LogP contribution in [0.1, 0.15) is 58.8 Å². The predicted molar refractivity (Wildman–Crippen MR) is 85.7 cm³/mol. The van der Waals surface area contributed by atoms with E-state index in [1.807, 2.05) is 37.8 Å². The third-order valence-electron chi connectivity index (χ3n) is 3.88. The smallest absolute Gasteiger partial charge is 0.410 e. The molecule has 2 heterocycles. The maximum absolute atomic E-state index is 12.4. The number of piperidine rings is 1. The molecule has 124 valence electrons. The first kappa shape index (κ1) is 16.9. The molecule has 5 heteroatoms. The summed E-state index contributed by atoms with van der Waals surface area (Å²) < 4.78 is 10.9. The van der Waals surface area contributed by atoms with E-state index in [0.717, 1.165) is 38.1 Å². The number of amides is 1. The van der Waals surface area contributed by atoms with Crippen LogP contribution in [0.3, 0.4) is 0 Å². The summed E-state index contributed by atoms with van der Waals surface area (Å²) in [5.41, 5.74) is -0.450. The molecule has 1 amide bonds. The minimum absolute atomic E-state index is 0.136. The van der Waals surface area contributed by atoms with Crippen molar-refractivity contribution in [2.75, 3.05) is 13.1 Å². The van der Waals surface area contributed by atoms with Crippen LogP contribution in [0.25, 0.3) is 0 Å². The van der Waals surface area contributed by atoms with E-state index in [9.17, 15) is 4.79 Å². The predicted octanol–water partition coefficient (Wildman–Crippen LogP) is 3.72. The Morgan fingerprint density at radius 2 is 2.27 bits per heavy atom. The van der Waals surface area contributed by atoms with Gasteiger partial charge in [0.25, 0.3) is 0 Å². The topological polar surface area (TPSA) is 54.7 Å². The summed E-state index contributed by atoms with van der Waals surface area (Å²) in [5, 5.41) is 3.46. The molecular formula is C17H28N2O3. The van der Waals surface area contributed by atoms with Gasteiger partial charge in [-0.3, -0.25) is 0 Å². The number of nitrogens with one attached hydrogen (secondary N) is 1. The fourth-order valence-electron chi connectivity index (χ4n) is 2.72. The first-order chi connectivity index (χ1) is 10.4. The Bertz CT molecular complexity index is 465. The van der Waals surface area contributed by atoms with Gasteiger partial charge in [-0.2, -0.15) is 0 Å². The zero-order valence-electron chi connectivity index (χ0n) is 14.1. The molecule has 1 aliphatic rings. The molecule has 0 bridgehead atoms. The van der Waals surface area contributed by atoms with Gasteiger partial charge in [0.2, 0.25) is 0 Å². The van der Waals surface area contributed by atoms with E-state index < -0.39 is 5.60 Å². The number of furan rings is 1. The number of carbonyl (C=O) groups is 1. The van der Waals surface area contributed by atoms with E-state index in [1.54, 1.807) is 6.26 Å². The second kappa shape index (κ2) is 7.18. The summed E-state index contributed by atoms with van der Waals surface area (Å²) in [6.45, 7) is 9.31. The van der Waals surface area contributed by atoms with E-state index in [4.69, 9.17) is 9.15 Å². The van der Waals surface area contributed by atoms with Crippen molar-refractivity contribution in [3.8, 4) is 0 Å². The van der Waals surface area contributed by atoms with Crippen LogP contribution in [0.5, 0.6) is 0 Å². The van der Waals surface area contributed by atoms with Crippen molar-refractivity contribution in [2.45, 2.75) is 64.6 Å². The van der Waals surface area contributed by atoms with Gasteiger partial charge in [0, 0.05) is 19.1 Å². The maximum Gasteiger partial charge on any atom is 0.410 e. The van der Waals surface area contributed by atoms with Crippen LogP contribution in [0.2, 0.25) is 0 Å². The Morgan fingerprint density at radius 3 is 2.91 bits per heavy atom. The van der Waals surface area contributed by atoms with E-state index in [0.29, 0.717) is 0 Å². The summed E-state index contributed by atoms with van der Waals surface area (Å²) in [7, 11) is 0. The standard InChI is InChI=1S/C17H28N2O3/c1-13(15-9-7-11-21-15)18-12-14-8-5-6-10-19(14)16(20)22-17(2,3)4/h7,9,11,13-14,18H,5-6,8,10,12H2,1-4H3/t13-,14-/m1/s1. The number of hydrogen-bond donors (Lipinski definition) is 1. The van der Waals surface area contributed by atoms with Crippen LogP contribution < -0.4 is 5.32 Å². The fourth-order valence-corrected chi connectivity index (χ4v) is 2.72. The Kier molecular flexibility index (Phi) is 5.51. The minimum atomic E-state index is -0.450. The zero-order chi connectivity index (χ0) is 16.2. The summed E-state index contributed by atoms with van der Waals surface area (Å²) in [4.78, 5) is 14.2. The van der Waals surface area contributed by atoms with Gasteiger partial charge in [-0.05, 0) is 59.1 Å². The third-order valence-corrected chi connectivity index (χ3v) is 3.88. The lowest BCUT2D eigenvalue weighted by molar-refractivity contribution is 0.00965. The molecule has 2 rings (SSSR count). The van der Waals surface area contributed by atoms with Crippen molar-refractivity contribution in [1.29, 1.82) is 0 Å². The summed E-state index contributed by atoms with van der Waals surface area (Å²) in [5.74, 6) is 0.916. The van der Waals surface area contributed by atoms with Gasteiger partial charge in [-0.15, -0.1) is 0 Å². The summed E-state index contributed by atoms with van der Waals surface area (Å²) >= 11 is 0. The molecule has 0 aliphatic carbocycles. The molecule has 0 saturated carbocycles. The van der Waals surface area contributed by atoms with Gasteiger partial charge in [0.05, 0.1) is 12.3 Å². The largest absolute Gasteiger partial charge is 0.468 e. The molecule has 22 heavy (non-hydrogen) atoms. The van der Waals surface area contributed by atoms with E-state index in [2.05, 4.69) is 12.2 Å². The Labute approximate surface area is 133 Å². The molecule has 0 spiro atoms. The first-order valence-electron chi connectivity index (χ1n) is 8.13. The van der Waals surface area contributed by atoms with Crippen LogP contribution in [0, 0.1) is 0 Å². The number of rotatable bonds is 4. The second-order valence-electron chi connectivity index (χ2n) is 6.97. The van der Waals surface area contributed by atoms with E-state index in [1.165, 1.54) is 0 Å². The Balaban J connectivity index is 1.90. The average molecular weight is 308 g/mol. The van der Waals surface area contributed by atoms with Gasteiger partial charge in [0.1, 0.15) is 11.4 Å². The van der Waals surface area contributed by atoms with Gasteiger partial charge < -0.3 is 19.4 Å². The lowest BCUT2D eigenvalue weighted by Crippen LogP contribution is -2.50. The molecule has 1 aliphatic heterocycles. The number of ether oxygens (including phenoxy) is 1. The summed E-state index contributed by atoms with van der Waals surface area (Å²) in [6, 6.07) is 4.17. The molecule has 5 nitrogen and oxygen atoms in total. The molecule has 1 saturated heterocycles. The lowest BCUT2D eigenvalue weighted by Gasteiger charge is -2.37. The van der Waals surface area contributed by atoms with Gasteiger partial charge in [-0.1, -0.05) is 0 Å². The lowest BCUT2D eigenvalue weighted by atomic mass is 10.0. The van der Waals surface area contributed by atoms with Crippen molar-refractivity contribution in [3.63, 3.8) is 0 Å². The zero-order valence-corrected chi connectivity index (χ0v) is 14.1. The van der Waals surface area contributed by atoms with Crippen molar-refractivity contribution in [1.82, 2.24) is 10.2 Å². The highest BCUT2D eigenvalue weighted by Gasteiger charge is 2.30. The molecule has 1 aromatic heterocycles. The van der Waals surface area contributed by atoms with Crippen LogP contribution in [0.15, 0.2) is 22.8 Å². The highest BCUT2D eigenvalue weighted by Crippen LogP contribution is 2.21. The molecular weight excluding hydrogens is 280 g/mol. The highest BCUT2D eigenvalue weighted by molar-refractivity contribution is 5.68. The molecule has 1 fully saturated rings. The molecule has 2 atom stereocenters. The van der Waals surface area contributed by atoms with Gasteiger partial charge >= 0.3 is 6.09 Å². The third kappa shape index (κ3) is 4.77. The second-order valence-corrected chi connectivity index (χ2v) is 6.97. The SMILES string of the molecule is C[C@@H](NC[C@H]1CCCCN1C(=O)OC(C)(C)C)c1ccco1.